The smallest absolute Gasteiger partial charge is 0.0499 e. The average molecular weight is 200 g/mol. The molecule has 1 aromatic carbocycles. The number of rotatable bonds is 2. The van der Waals surface area contributed by atoms with Crippen LogP contribution >= 0.6 is 0 Å². The van der Waals surface area contributed by atoms with Crippen LogP contribution < -0.4 is 5.73 Å². The average Bonchev–Trinajstić information content (AvgIpc) is 2.59. The first-order valence-corrected chi connectivity index (χ1v) is 5.17. The van der Waals surface area contributed by atoms with Crippen molar-refractivity contribution in [3.63, 3.8) is 0 Å². The van der Waals surface area contributed by atoms with Crippen LogP contribution in [0.2, 0.25) is 0 Å². The maximum atomic E-state index is 5.74. The molecule has 0 atom stereocenters. The molecule has 0 unspecified atom stereocenters. The van der Waals surface area contributed by atoms with Crippen LogP contribution in [0.5, 0.6) is 0 Å². The van der Waals surface area contributed by atoms with Crippen molar-refractivity contribution in [3.05, 3.63) is 53.3 Å². The maximum Gasteiger partial charge on any atom is 0.0499 e. The maximum absolute atomic E-state index is 5.74. The van der Waals surface area contributed by atoms with Gasteiger partial charge < -0.3 is 10.3 Å². The van der Waals surface area contributed by atoms with Crippen LogP contribution in [-0.4, -0.2) is 4.57 Å². The number of aryl methyl sites for hydroxylation is 2. The van der Waals surface area contributed by atoms with Crippen molar-refractivity contribution in [2.75, 3.05) is 0 Å². The van der Waals surface area contributed by atoms with E-state index in [-0.39, 0.29) is 0 Å². The summed E-state index contributed by atoms with van der Waals surface area (Å²) in [6.45, 7) is 4.80. The van der Waals surface area contributed by atoms with Crippen molar-refractivity contribution in [1.82, 2.24) is 4.57 Å². The van der Waals surface area contributed by atoms with Gasteiger partial charge in [0.1, 0.15) is 0 Å². The molecule has 1 heterocycles. The van der Waals surface area contributed by atoms with Gasteiger partial charge in [-0.3, -0.25) is 0 Å². The molecule has 0 amide bonds. The second kappa shape index (κ2) is 3.91. The lowest BCUT2D eigenvalue weighted by atomic mass is 10.1. The fraction of sp³-hybridized carbons (Fsp3) is 0.231. The van der Waals surface area contributed by atoms with Gasteiger partial charge in [0, 0.05) is 23.6 Å². The molecule has 2 N–H and O–H groups in total. The molecule has 0 radical (unpaired) electrons. The van der Waals surface area contributed by atoms with Gasteiger partial charge in [0.25, 0.3) is 0 Å². The highest BCUT2D eigenvalue weighted by molar-refractivity contribution is 5.44. The third-order valence-electron chi connectivity index (χ3n) is 2.72. The SMILES string of the molecule is Cc1ccc(C)n1-c1ccccc1CN. The molecule has 2 aromatic rings. The predicted molar refractivity (Wildman–Crippen MR) is 63.1 cm³/mol. The van der Waals surface area contributed by atoms with Crippen molar-refractivity contribution >= 4 is 0 Å². The first-order chi connectivity index (χ1) is 7.24. The number of aromatic nitrogens is 1. The number of para-hydroxylation sites is 1. The molecular weight excluding hydrogens is 184 g/mol. The molecule has 0 aliphatic rings. The zero-order valence-electron chi connectivity index (χ0n) is 9.20. The quantitative estimate of drug-likeness (QED) is 0.793. The fourth-order valence-corrected chi connectivity index (χ4v) is 1.95. The van der Waals surface area contributed by atoms with Crippen molar-refractivity contribution in [1.29, 1.82) is 0 Å². The minimum Gasteiger partial charge on any atom is -0.326 e. The third-order valence-corrected chi connectivity index (χ3v) is 2.72. The van der Waals surface area contributed by atoms with E-state index >= 15 is 0 Å². The summed E-state index contributed by atoms with van der Waals surface area (Å²) >= 11 is 0. The Bertz CT molecular complexity index is 450. The Kier molecular flexibility index (Phi) is 2.60. The zero-order chi connectivity index (χ0) is 10.8. The van der Waals surface area contributed by atoms with Crippen LogP contribution in [0.1, 0.15) is 17.0 Å². The van der Waals surface area contributed by atoms with E-state index in [1.165, 1.54) is 22.6 Å². The van der Waals surface area contributed by atoms with Crippen LogP contribution in [-0.2, 0) is 6.54 Å². The lowest BCUT2D eigenvalue weighted by Crippen LogP contribution is -2.06. The molecular formula is C13H16N2. The summed E-state index contributed by atoms with van der Waals surface area (Å²) in [6, 6.07) is 12.5. The molecule has 1 aromatic heterocycles. The van der Waals surface area contributed by atoms with Gasteiger partial charge in [-0.2, -0.15) is 0 Å². The molecule has 0 saturated heterocycles. The van der Waals surface area contributed by atoms with E-state index in [2.05, 4.69) is 42.7 Å². The molecule has 0 spiro atoms. The molecule has 0 aliphatic heterocycles. The van der Waals surface area contributed by atoms with Gasteiger partial charge in [0.15, 0.2) is 0 Å². The van der Waals surface area contributed by atoms with Crippen LogP contribution in [0.4, 0.5) is 0 Å². The van der Waals surface area contributed by atoms with E-state index in [9.17, 15) is 0 Å². The number of benzene rings is 1. The van der Waals surface area contributed by atoms with Crippen molar-refractivity contribution in [2.45, 2.75) is 20.4 Å². The molecule has 2 heteroatoms. The number of hydrogen-bond donors (Lipinski definition) is 1. The lowest BCUT2D eigenvalue weighted by Gasteiger charge is -2.13. The summed E-state index contributed by atoms with van der Waals surface area (Å²) in [7, 11) is 0. The van der Waals surface area contributed by atoms with E-state index in [0.717, 1.165) is 0 Å². The monoisotopic (exact) mass is 200 g/mol. The highest BCUT2D eigenvalue weighted by Crippen LogP contribution is 2.19. The third kappa shape index (κ3) is 1.68. The van der Waals surface area contributed by atoms with Gasteiger partial charge in [0.05, 0.1) is 0 Å². The number of nitrogens with two attached hydrogens (primary N) is 1. The van der Waals surface area contributed by atoms with E-state index < -0.39 is 0 Å². The molecule has 0 aliphatic carbocycles. The van der Waals surface area contributed by atoms with Crippen molar-refractivity contribution in [3.8, 4) is 5.69 Å². The first-order valence-electron chi connectivity index (χ1n) is 5.17. The Labute approximate surface area is 90.3 Å². The summed E-state index contributed by atoms with van der Waals surface area (Å²) < 4.78 is 2.24. The molecule has 0 bridgehead atoms. The molecule has 2 nitrogen and oxygen atoms in total. The minimum absolute atomic E-state index is 0.577. The van der Waals surface area contributed by atoms with Gasteiger partial charge in [-0.1, -0.05) is 18.2 Å². The Morgan fingerprint density at radius 2 is 1.60 bits per heavy atom. The summed E-state index contributed by atoms with van der Waals surface area (Å²) in [4.78, 5) is 0. The topological polar surface area (TPSA) is 30.9 Å². The minimum atomic E-state index is 0.577. The first kappa shape index (κ1) is 9.99. The highest BCUT2D eigenvalue weighted by atomic mass is 15.0. The summed E-state index contributed by atoms with van der Waals surface area (Å²) in [6.07, 6.45) is 0. The van der Waals surface area contributed by atoms with Gasteiger partial charge in [-0.15, -0.1) is 0 Å². The molecule has 0 saturated carbocycles. The Balaban J connectivity index is 2.63. The standard InChI is InChI=1S/C13H16N2/c1-10-7-8-11(2)15(10)13-6-4-3-5-12(13)9-14/h3-8H,9,14H2,1-2H3. The highest BCUT2D eigenvalue weighted by Gasteiger charge is 2.06. The Morgan fingerprint density at radius 1 is 1.00 bits per heavy atom. The zero-order valence-corrected chi connectivity index (χ0v) is 9.20. The molecule has 78 valence electrons. The van der Waals surface area contributed by atoms with E-state index in [1.807, 2.05) is 12.1 Å². The van der Waals surface area contributed by atoms with E-state index in [1.54, 1.807) is 0 Å². The fourth-order valence-electron chi connectivity index (χ4n) is 1.95. The van der Waals surface area contributed by atoms with Gasteiger partial charge in [-0.25, -0.2) is 0 Å². The van der Waals surface area contributed by atoms with Crippen LogP contribution in [0, 0.1) is 13.8 Å². The van der Waals surface area contributed by atoms with Crippen LogP contribution in [0.15, 0.2) is 36.4 Å². The summed E-state index contributed by atoms with van der Waals surface area (Å²) in [5.41, 5.74) is 10.6. The van der Waals surface area contributed by atoms with Crippen LogP contribution in [0.3, 0.4) is 0 Å². The van der Waals surface area contributed by atoms with E-state index in [0.29, 0.717) is 6.54 Å². The molecule has 2 rings (SSSR count). The lowest BCUT2D eigenvalue weighted by molar-refractivity contribution is 0.928. The second-order valence-corrected chi connectivity index (χ2v) is 3.78. The van der Waals surface area contributed by atoms with Crippen molar-refractivity contribution in [2.24, 2.45) is 5.73 Å². The van der Waals surface area contributed by atoms with Crippen molar-refractivity contribution < 1.29 is 0 Å². The number of nitrogens with zero attached hydrogens (tertiary/aromatic N) is 1. The number of hydrogen-bond acceptors (Lipinski definition) is 1. The molecule has 0 fully saturated rings. The predicted octanol–water partition coefficient (Wildman–Crippen LogP) is 2.55. The summed E-state index contributed by atoms with van der Waals surface area (Å²) in [5.74, 6) is 0. The van der Waals surface area contributed by atoms with Gasteiger partial charge in [-0.05, 0) is 37.6 Å². The summed E-state index contributed by atoms with van der Waals surface area (Å²) in [5, 5.41) is 0. The van der Waals surface area contributed by atoms with E-state index in [4.69, 9.17) is 5.73 Å². The molecule has 15 heavy (non-hydrogen) atoms. The Hall–Kier alpha value is -1.54. The second-order valence-electron chi connectivity index (χ2n) is 3.78. The Morgan fingerprint density at radius 3 is 2.20 bits per heavy atom. The normalized spacial score (nSPS) is 10.6. The van der Waals surface area contributed by atoms with Gasteiger partial charge in [0.2, 0.25) is 0 Å². The van der Waals surface area contributed by atoms with Gasteiger partial charge >= 0.3 is 0 Å². The largest absolute Gasteiger partial charge is 0.326 e. The van der Waals surface area contributed by atoms with Crippen LogP contribution in [0.25, 0.3) is 5.69 Å².